The fraction of sp³-hybridized carbons (Fsp3) is 0.581. The summed E-state index contributed by atoms with van der Waals surface area (Å²) in [5.74, 6) is -3.63. The lowest BCUT2D eigenvalue weighted by Gasteiger charge is -2.39. The average molecular weight is 683 g/mol. The molecule has 2 aliphatic rings. The molecular weight excluding hydrogens is 639 g/mol. The van der Waals surface area contributed by atoms with Gasteiger partial charge in [-0.3, -0.25) is 28.9 Å². The Kier molecular flexibility index (Phi) is 12.7. The first-order valence-corrected chi connectivity index (χ1v) is 17.7. The molecule has 6 atom stereocenters. The van der Waals surface area contributed by atoms with Crippen molar-refractivity contribution in [3.63, 3.8) is 0 Å². The SMILES string of the molecule is CC(C)OC(=O)[C@H](C)NP(=S)(OC[C@H]1O[C@@H](N2C=CC(=O)CC2=O)[C@](C)(OC(=O)C(C)C)[C@@H]1OC(=O)C(C)C)Oc1ccccc1. The van der Waals surface area contributed by atoms with Gasteiger partial charge < -0.3 is 28.0 Å². The first-order valence-electron chi connectivity index (χ1n) is 15.0. The van der Waals surface area contributed by atoms with Crippen LogP contribution in [0.1, 0.15) is 61.8 Å². The van der Waals surface area contributed by atoms with Gasteiger partial charge in [-0.05, 0) is 57.7 Å². The maximum atomic E-state index is 13.0. The van der Waals surface area contributed by atoms with E-state index in [4.69, 9.17) is 39.8 Å². The Morgan fingerprint density at radius 1 is 1.02 bits per heavy atom. The van der Waals surface area contributed by atoms with Gasteiger partial charge in [-0.1, -0.05) is 45.9 Å². The Bertz CT molecular complexity index is 1370. The van der Waals surface area contributed by atoms with Gasteiger partial charge in [0.1, 0.15) is 17.9 Å². The van der Waals surface area contributed by atoms with E-state index in [0.29, 0.717) is 5.75 Å². The number of nitrogens with zero attached hydrogens (tertiary/aromatic N) is 1. The zero-order valence-corrected chi connectivity index (χ0v) is 29.0. The van der Waals surface area contributed by atoms with Gasteiger partial charge in [0.2, 0.25) is 5.91 Å². The summed E-state index contributed by atoms with van der Waals surface area (Å²) < 4.78 is 35.7. The van der Waals surface area contributed by atoms with Gasteiger partial charge in [0.05, 0.1) is 31.0 Å². The highest BCUT2D eigenvalue weighted by Gasteiger charge is 2.62. The molecule has 0 saturated carbocycles. The third-order valence-electron chi connectivity index (χ3n) is 6.92. The standard InChI is InChI=1S/C31H43N2O11PS/c1-18(2)27(36)42-26-24(41-30(31(26,8)43-28(37)19(3)4)33-15-14-22(34)16-25(33)35)17-39-45(46,44-23-12-10-9-11-13-23)32-21(7)29(38)40-20(5)6/h9-15,18-21,24,26,30H,16-17H2,1-8H3,(H,32,46)/t21-,24+,26+,30+,31+,45?/m0/s1. The largest absolute Gasteiger partial charge is 0.462 e. The van der Waals surface area contributed by atoms with Crippen LogP contribution < -0.4 is 9.61 Å². The van der Waals surface area contributed by atoms with Gasteiger partial charge >= 0.3 is 24.6 Å². The minimum atomic E-state index is -3.57. The van der Waals surface area contributed by atoms with E-state index in [1.165, 1.54) is 19.2 Å². The van der Waals surface area contributed by atoms with E-state index < -0.39 is 84.6 Å². The van der Waals surface area contributed by atoms with Crippen molar-refractivity contribution in [3.05, 3.63) is 42.6 Å². The highest BCUT2D eigenvalue weighted by molar-refractivity contribution is 8.09. The third-order valence-corrected chi connectivity index (χ3v) is 9.42. The van der Waals surface area contributed by atoms with Gasteiger partial charge in [-0.2, -0.15) is 0 Å². The van der Waals surface area contributed by atoms with Crippen molar-refractivity contribution in [2.24, 2.45) is 11.8 Å². The smallest absolute Gasteiger partial charge is 0.323 e. The second-order valence-corrected chi connectivity index (χ2v) is 15.2. The predicted molar refractivity (Wildman–Crippen MR) is 169 cm³/mol. The lowest BCUT2D eigenvalue weighted by Crippen LogP contribution is -2.58. The summed E-state index contributed by atoms with van der Waals surface area (Å²) in [7, 11) is 0. The highest BCUT2D eigenvalue weighted by atomic mass is 32.5. The summed E-state index contributed by atoms with van der Waals surface area (Å²) in [4.78, 5) is 64.8. The van der Waals surface area contributed by atoms with Crippen LogP contribution in [0, 0.1) is 11.8 Å². The molecule has 1 amide bonds. The number of hydrogen-bond donors (Lipinski definition) is 1. The second-order valence-electron chi connectivity index (χ2n) is 12.1. The van der Waals surface area contributed by atoms with Crippen LogP contribution >= 0.6 is 6.64 Å². The van der Waals surface area contributed by atoms with Gasteiger partial charge in [0.15, 0.2) is 23.7 Å². The number of esters is 3. The normalized spacial score (nSPS) is 25.0. The number of carbonyl (C=O) groups is 5. The van der Waals surface area contributed by atoms with Crippen LogP contribution in [-0.4, -0.2) is 77.3 Å². The molecule has 1 saturated heterocycles. The number of ether oxygens (including phenoxy) is 4. The van der Waals surface area contributed by atoms with Crippen molar-refractivity contribution in [1.29, 1.82) is 0 Å². The average Bonchev–Trinajstić information content (AvgIpc) is 3.22. The molecule has 0 spiro atoms. The third kappa shape index (κ3) is 9.45. The fourth-order valence-corrected chi connectivity index (χ4v) is 6.93. The number of amides is 1. The monoisotopic (exact) mass is 682 g/mol. The zero-order chi connectivity index (χ0) is 34.4. The summed E-state index contributed by atoms with van der Waals surface area (Å²) in [5, 5.41) is 2.94. The van der Waals surface area contributed by atoms with E-state index in [-0.39, 0.29) is 12.7 Å². The molecule has 1 aromatic carbocycles. The summed E-state index contributed by atoms with van der Waals surface area (Å²) >= 11 is 5.83. The van der Waals surface area contributed by atoms with E-state index >= 15 is 0 Å². The van der Waals surface area contributed by atoms with Crippen molar-refractivity contribution in [2.75, 3.05) is 6.61 Å². The molecule has 3 rings (SSSR count). The van der Waals surface area contributed by atoms with E-state index in [0.717, 1.165) is 4.90 Å². The topological polar surface area (TPSA) is 156 Å². The number of carbonyl (C=O) groups excluding carboxylic acids is 5. The minimum Gasteiger partial charge on any atom is -0.462 e. The molecule has 254 valence electrons. The number of benzene rings is 1. The van der Waals surface area contributed by atoms with Crippen LogP contribution in [0.5, 0.6) is 5.75 Å². The van der Waals surface area contributed by atoms with Crippen LogP contribution in [0.4, 0.5) is 0 Å². The number of nitrogens with one attached hydrogen (secondary N) is 1. The van der Waals surface area contributed by atoms with Crippen LogP contribution in [0.2, 0.25) is 0 Å². The summed E-state index contributed by atoms with van der Waals surface area (Å²) in [5.41, 5.74) is -1.75. The molecule has 13 nitrogen and oxygen atoms in total. The van der Waals surface area contributed by atoms with Crippen LogP contribution in [0.15, 0.2) is 42.6 Å². The van der Waals surface area contributed by atoms with E-state index in [1.807, 2.05) is 0 Å². The lowest BCUT2D eigenvalue weighted by molar-refractivity contribution is -0.196. The van der Waals surface area contributed by atoms with Crippen molar-refractivity contribution in [3.8, 4) is 5.75 Å². The maximum absolute atomic E-state index is 13.0. The van der Waals surface area contributed by atoms with Crippen LogP contribution in [-0.2, 0) is 59.3 Å². The summed E-state index contributed by atoms with van der Waals surface area (Å²) in [6, 6.07) is 7.65. The number of hydrogen-bond acceptors (Lipinski definition) is 12. The Morgan fingerprint density at radius 2 is 1.65 bits per heavy atom. The Balaban J connectivity index is 2.02. The summed E-state index contributed by atoms with van der Waals surface area (Å²) in [6.07, 6.45) is -2.11. The van der Waals surface area contributed by atoms with Crippen LogP contribution in [0.25, 0.3) is 0 Å². The number of para-hydroxylation sites is 1. The van der Waals surface area contributed by atoms with E-state index in [2.05, 4.69) is 5.09 Å². The van der Waals surface area contributed by atoms with Crippen molar-refractivity contribution in [2.45, 2.75) is 98.0 Å². The number of ketones is 1. The lowest BCUT2D eigenvalue weighted by atomic mass is 9.94. The zero-order valence-electron chi connectivity index (χ0n) is 27.3. The fourth-order valence-electron chi connectivity index (χ4n) is 4.51. The Hall–Kier alpha value is -3.16. The molecule has 1 N–H and O–H groups in total. The quantitative estimate of drug-likeness (QED) is 0.131. The van der Waals surface area contributed by atoms with Gasteiger partial charge in [0, 0.05) is 6.20 Å². The molecule has 0 bridgehead atoms. The molecule has 0 radical (unpaired) electrons. The predicted octanol–water partition coefficient (Wildman–Crippen LogP) is 3.80. The molecule has 1 aromatic rings. The van der Waals surface area contributed by atoms with Crippen LogP contribution in [0.3, 0.4) is 0 Å². The van der Waals surface area contributed by atoms with Gasteiger partial charge in [-0.25, -0.2) is 5.09 Å². The second kappa shape index (κ2) is 15.6. The molecule has 1 unspecified atom stereocenters. The first kappa shape index (κ1) is 37.3. The Labute approximate surface area is 274 Å². The maximum Gasteiger partial charge on any atom is 0.323 e. The number of rotatable bonds is 14. The highest BCUT2D eigenvalue weighted by Crippen LogP contribution is 2.47. The Morgan fingerprint density at radius 3 is 2.22 bits per heavy atom. The van der Waals surface area contributed by atoms with Crippen molar-refractivity contribution < 1.29 is 52.0 Å². The molecule has 15 heteroatoms. The summed E-state index contributed by atoms with van der Waals surface area (Å²) in [6.45, 7) is 9.05. The molecule has 0 aromatic heterocycles. The minimum absolute atomic E-state index is 0.361. The van der Waals surface area contributed by atoms with Gasteiger partial charge in [-0.15, -0.1) is 0 Å². The van der Waals surface area contributed by atoms with E-state index in [9.17, 15) is 24.0 Å². The molecule has 2 heterocycles. The molecule has 2 aliphatic heterocycles. The van der Waals surface area contributed by atoms with Gasteiger partial charge in [0.25, 0.3) is 0 Å². The number of allylic oxidation sites excluding steroid dienone is 1. The molecule has 46 heavy (non-hydrogen) atoms. The first-order chi connectivity index (χ1) is 21.5. The molecular formula is C31H43N2O11PS. The molecule has 0 aliphatic carbocycles. The van der Waals surface area contributed by atoms with Crippen molar-refractivity contribution >= 4 is 48.0 Å². The van der Waals surface area contributed by atoms with E-state index in [1.54, 1.807) is 78.8 Å². The van der Waals surface area contributed by atoms with Crippen molar-refractivity contribution in [1.82, 2.24) is 9.99 Å². The molecule has 1 fully saturated rings.